The van der Waals surface area contributed by atoms with Crippen LogP contribution in [-0.4, -0.2) is 120 Å². The van der Waals surface area contributed by atoms with E-state index >= 15 is 0 Å². The van der Waals surface area contributed by atoms with E-state index in [9.17, 15) is 33.6 Å². The van der Waals surface area contributed by atoms with Gasteiger partial charge in [-0.05, 0) is 81.0 Å². The van der Waals surface area contributed by atoms with Crippen molar-refractivity contribution in [3.63, 3.8) is 0 Å². The molecule has 0 fully saturated rings. The summed E-state index contributed by atoms with van der Waals surface area (Å²) in [6.07, 6.45) is 10.7. The van der Waals surface area contributed by atoms with Crippen molar-refractivity contribution in [2.24, 2.45) is 21.1 Å². The molecule has 0 saturated carbocycles. The Labute approximate surface area is 527 Å². The van der Waals surface area contributed by atoms with Crippen LogP contribution >= 0.6 is 57.5 Å². The first-order valence-electron chi connectivity index (χ1n) is 25.2. The minimum atomic E-state index is -1.17. The molecule has 12 aromatic rings. The molecule has 27 heteroatoms. The maximum absolute atomic E-state index is 13.1. The third kappa shape index (κ3) is 12.8. The molecule has 84 heavy (non-hydrogen) atoms. The number of thiazole rings is 3. The molecule has 1 unspecified atom stereocenters. The number of nitrogens with zero attached hydrogens (tertiary/aromatic N) is 12. The molecule has 0 aliphatic heterocycles. The summed E-state index contributed by atoms with van der Waals surface area (Å²) < 4.78 is 26.8. The van der Waals surface area contributed by atoms with Crippen LogP contribution in [0.3, 0.4) is 0 Å². The number of fused-ring (bicyclic) bond motifs is 9. The number of rotatable bonds is 12. The van der Waals surface area contributed by atoms with E-state index in [0.717, 1.165) is 78.0 Å². The summed E-state index contributed by atoms with van der Waals surface area (Å²) in [5.74, 6) is 0.000882. The first-order chi connectivity index (χ1) is 38.4. The molecule has 1 atom stereocenters. The van der Waals surface area contributed by atoms with E-state index in [1.54, 1.807) is 122 Å². The van der Waals surface area contributed by atoms with Gasteiger partial charge in [-0.2, -0.15) is 15.3 Å². The van der Waals surface area contributed by atoms with Gasteiger partial charge in [-0.3, -0.25) is 23.4 Å². The molecule has 0 spiro atoms. The molecule has 12 rings (SSSR count). The van der Waals surface area contributed by atoms with Gasteiger partial charge in [-0.1, -0.05) is 90.3 Å². The number of aryl methyl sites for hydroxylation is 3. The van der Waals surface area contributed by atoms with Crippen molar-refractivity contribution >= 4 is 161 Å². The van der Waals surface area contributed by atoms with Crippen LogP contribution in [-0.2, 0) is 62.8 Å². The topological polar surface area (TPSA) is 233 Å². The van der Waals surface area contributed by atoms with Crippen LogP contribution < -0.4 is 29.1 Å². The molecule has 9 aromatic heterocycles. The molecule has 434 valence electrons. The van der Waals surface area contributed by atoms with E-state index in [1.807, 2.05) is 96.4 Å². The minimum Gasteiger partial charge on any atom is -1.00 e. The zero-order valence-electron chi connectivity index (χ0n) is 48.1. The Morgan fingerprint density at radius 2 is 0.929 bits per heavy atom. The van der Waals surface area contributed by atoms with Crippen LogP contribution in [0.1, 0.15) is 72.8 Å². The number of hydrogen-bond donors (Lipinski definition) is 2. The van der Waals surface area contributed by atoms with Crippen molar-refractivity contribution < 1.29 is 31.6 Å². The maximum Gasteiger partial charge on any atom is 2.00 e. The smallest absolute Gasteiger partial charge is 1.00 e. The largest absolute Gasteiger partial charge is 2.00 e. The van der Waals surface area contributed by atoms with Gasteiger partial charge in [0, 0.05) is 49.1 Å². The standard InChI is InChI=1S/C19H20N4O3S2.C19H20N4O2S2.C18H16N4O2S2.CH3.ClH.Mg/c1-19(2,25)12-7-5-6-11(8-12)10-23-17(24)14-13(9-20-23)15-16(22(14)3)21-18(27-15)28(4)26;1-19(2,25)12-7-5-6-11(8-12)10-23-17(24)14-13(9-20-23)15-16(22(14)3)21-18(26-4)27-15;1-10(23)12-6-4-5-11(7-12)9-22-17(24)14-13(8-19-22)15-16(21(14)2)20-18(25-3)26-15;;;/h5-9,25H,10H2,1-4H3;5-9,25H,10H2,1-4H3;4-8H,9H2,1-3H3;1H3;1H;/q;;;-1;;+2/p-1. The van der Waals surface area contributed by atoms with E-state index in [2.05, 4.69) is 30.2 Å². The fraction of sp³-hybridized carbons (Fsp3) is 0.281. The number of hydrogen-bond acceptors (Lipinski definition) is 18. The van der Waals surface area contributed by atoms with Gasteiger partial charge >= 0.3 is 23.1 Å². The predicted octanol–water partition coefficient (Wildman–Crippen LogP) is 6.09. The maximum atomic E-state index is 13.1. The van der Waals surface area contributed by atoms with Crippen molar-refractivity contribution in [2.75, 3.05) is 18.8 Å². The normalized spacial score (nSPS) is 12.0. The molecule has 9 heterocycles. The fourth-order valence-electron chi connectivity index (χ4n) is 9.45. The first kappa shape index (κ1) is 65.6. The Bertz CT molecular complexity index is 4670. The molecule has 3 aromatic carbocycles. The average molecular weight is 1280 g/mol. The number of thioether (sulfide) groups is 2. The third-order valence-electron chi connectivity index (χ3n) is 13.7. The van der Waals surface area contributed by atoms with E-state index < -0.39 is 22.0 Å². The number of carbonyl (C=O) groups is 1. The van der Waals surface area contributed by atoms with Crippen LogP contribution in [0.15, 0.2) is 119 Å². The van der Waals surface area contributed by atoms with E-state index in [-0.39, 0.29) is 65.3 Å². The molecule has 19 nitrogen and oxygen atoms in total. The monoisotopic (exact) mass is 1270 g/mol. The number of carbonyl (C=O) groups excluding carboxylic acids is 1. The number of ketones is 1. The second-order valence-corrected chi connectivity index (χ2v) is 27.0. The van der Waals surface area contributed by atoms with Gasteiger partial charge in [-0.25, -0.2) is 29.0 Å². The van der Waals surface area contributed by atoms with Gasteiger partial charge in [0.15, 0.2) is 35.7 Å². The van der Waals surface area contributed by atoms with Gasteiger partial charge in [-0.15, -0.1) is 34.0 Å². The van der Waals surface area contributed by atoms with Crippen LogP contribution in [0.2, 0.25) is 0 Å². The quantitative estimate of drug-likeness (QED) is 0.0610. The van der Waals surface area contributed by atoms with Gasteiger partial charge in [0.1, 0.15) is 16.6 Å². The van der Waals surface area contributed by atoms with Crippen LogP contribution in [0.5, 0.6) is 0 Å². The number of halogens is 1. The van der Waals surface area contributed by atoms with Gasteiger partial charge < -0.3 is 43.7 Å². The molecule has 0 radical (unpaired) electrons. The Hall–Kier alpha value is -5.91. The second-order valence-electron chi connectivity index (χ2n) is 20.3. The van der Waals surface area contributed by atoms with E-state index in [0.29, 0.717) is 51.7 Å². The molecular formula is C57H59ClMgN12O7S6. The zero-order valence-corrected chi connectivity index (χ0v) is 55.2. The molecule has 2 N–H and O–H groups in total. The summed E-state index contributed by atoms with van der Waals surface area (Å²) in [4.78, 5) is 64.3. The molecular weight excluding hydrogens is 1220 g/mol. The van der Waals surface area contributed by atoms with E-state index in [4.69, 9.17) is 0 Å². The summed E-state index contributed by atoms with van der Waals surface area (Å²) in [5, 5.41) is 35.9. The Morgan fingerprint density at radius 3 is 1.27 bits per heavy atom. The number of benzene rings is 3. The number of aromatic nitrogens is 12. The van der Waals surface area contributed by atoms with Gasteiger partial charge in [0.25, 0.3) is 16.7 Å². The number of Topliss-reactive ketones (excluding diaryl/α,β-unsaturated/α-hetero) is 1. The van der Waals surface area contributed by atoms with Crippen molar-refractivity contribution in [3.8, 4) is 0 Å². The molecule has 0 aliphatic rings. The average Bonchev–Trinajstić information content (AvgIpc) is 4.28. The molecule has 0 aliphatic carbocycles. The minimum absolute atomic E-state index is 0. The van der Waals surface area contributed by atoms with Gasteiger partial charge in [0.05, 0.1) is 74.3 Å². The SMILES string of the molecule is CSc1nc2c(s1)c1cnn(Cc3cccc(C(C)(C)O)c3)c(=O)c1n2C.CSc1nc2c(s1)c1cnn(Cc3cccc(C(C)=O)c3)c(=O)c1n2C.Cn1c2nc(S(C)=O)sc2c2cnn(Cc3cccc(C(C)(C)O)c3)c(=O)c21.[CH3-].[Cl-].[Mg+2]. The third-order valence-corrected chi connectivity index (χ3v) is 20.2. The van der Waals surface area contributed by atoms with E-state index in [1.165, 1.54) is 32.3 Å². The zero-order chi connectivity index (χ0) is 58.0. The number of aliphatic hydroxyl groups is 2. The summed E-state index contributed by atoms with van der Waals surface area (Å²) in [6, 6.07) is 22.4. The summed E-state index contributed by atoms with van der Waals surface area (Å²) in [6.45, 7) is 9.44. The Balaban J connectivity index is 0.000000178. The van der Waals surface area contributed by atoms with Crippen LogP contribution in [0.4, 0.5) is 0 Å². The Morgan fingerprint density at radius 1 is 0.583 bits per heavy atom. The van der Waals surface area contributed by atoms with Gasteiger partial charge in [0.2, 0.25) is 0 Å². The summed E-state index contributed by atoms with van der Waals surface area (Å²) >= 11 is 7.68. The Kier molecular flexibility index (Phi) is 20.3. The molecule has 0 amide bonds. The molecule has 0 saturated heterocycles. The van der Waals surface area contributed by atoms with Crippen molar-refractivity contribution in [1.82, 2.24) is 58.0 Å². The summed E-state index contributed by atoms with van der Waals surface area (Å²) in [7, 11) is 4.35. The molecule has 0 bridgehead atoms. The van der Waals surface area contributed by atoms with Crippen molar-refractivity contribution in [3.05, 3.63) is 163 Å². The van der Waals surface area contributed by atoms with Crippen molar-refractivity contribution in [1.29, 1.82) is 0 Å². The second kappa shape index (κ2) is 26.0. The summed E-state index contributed by atoms with van der Waals surface area (Å²) in [5.41, 5.74) is 6.51. The van der Waals surface area contributed by atoms with Crippen molar-refractivity contribution in [2.45, 2.75) is 78.5 Å². The first-order valence-corrected chi connectivity index (χ1v) is 31.6. The predicted molar refractivity (Wildman–Crippen MR) is 340 cm³/mol. The van der Waals surface area contributed by atoms with Crippen LogP contribution in [0, 0.1) is 7.43 Å². The fourth-order valence-corrected chi connectivity index (χ4v) is 14.4. The van der Waals surface area contributed by atoms with Crippen LogP contribution in [0.25, 0.3) is 63.8 Å².